The number of amides is 3. The third kappa shape index (κ3) is 30.5. The molecule has 0 unspecified atom stereocenters. The summed E-state index contributed by atoms with van der Waals surface area (Å²) < 4.78 is 10.5. The number of ketones is 1. The van der Waals surface area contributed by atoms with E-state index in [1.54, 1.807) is 0 Å². The maximum atomic E-state index is 12.3. The van der Waals surface area contributed by atoms with Crippen LogP contribution >= 0.6 is 0 Å². The highest BCUT2D eigenvalue weighted by atomic mass is 16.5. The molecule has 0 radical (unpaired) electrons. The number of ether oxygens (including phenoxy) is 2. The summed E-state index contributed by atoms with van der Waals surface area (Å²) in [7, 11) is 0. The second-order valence-corrected chi connectivity index (χ2v) is 12.6. The van der Waals surface area contributed by atoms with Crippen LogP contribution in [0.15, 0.2) is 0 Å². The lowest BCUT2D eigenvalue weighted by Gasteiger charge is -2.14. The monoisotopic (exact) mass is 715 g/mol. The zero-order valence-corrected chi connectivity index (χ0v) is 29.8. The van der Waals surface area contributed by atoms with Crippen molar-refractivity contribution >= 4 is 41.4 Å². The second-order valence-electron chi connectivity index (χ2n) is 12.6. The average Bonchev–Trinajstić information content (AvgIpc) is 3.05. The Bertz CT molecular complexity index is 1010. The van der Waals surface area contributed by atoms with Crippen LogP contribution in [0.2, 0.25) is 0 Å². The Morgan fingerprint density at radius 2 is 0.940 bits per heavy atom. The summed E-state index contributed by atoms with van der Waals surface area (Å²) in [6, 6.07) is -2.34. The lowest BCUT2D eigenvalue weighted by molar-refractivity contribution is -0.143. The molecule has 0 aromatic carbocycles. The van der Waals surface area contributed by atoms with Crippen molar-refractivity contribution < 1.29 is 58.4 Å². The molecule has 0 heterocycles. The molecule has 6 N–H and O–H groups in total. The first-order valence-corrected chi connectivity index (χ1v) is 18.1. The van der Waals surface area contributed by atoms with Gasteiger partial charge in [-0.1, -0.05) is 77.0 Å². The van der Waals surface area contributed by atoms with Gasteiger partial charge in [-0.3, -0.25) is 19.2 Å². The Morgan fingerprint density at radius 1 is 0.500 bits per heavy atom. The van der Waals surface area contributed by atoms with Crippen molar-refractivity contribution in [2.75, 3.05) is 33.0 Å². The number of Topliss-reactive ketones (excluding diaryl/α,β-unsaturated/α-hetero) is 1. The number of unbranched alkanes of at least 4 members (excludes halogenated alkanes) is 13. The highest BCUT2D eigenvalue weighted by molar-refractivity contribution is 5.85. The number of carboxylic acid groups (broad SMARTS) is 3. The van der Waals surface area contributed by atoms with Gasteiger partial charge in [-0.05, 0) is 32.6 Å². The lowest BCUT2D eigenvalue weighted by atomic mass is 10.0. The molecule has 0 aliphatic carbocycles. The van der Waals surface area contributed by atoms with E-state index in [0.717, 1.165) is 44.9 Å². The molecule has 15 nitrogen and oxygen atoms in total. The molecule has 0 fully saturated rings. The Labute approximate surface area is 296 Å². The highest BCUT2D eigenvalue weighted by Crippen LogP contribution is 2.14. The fourth-order valence-corrected chi connectivity index (χ4v) is 5.06. The molecule has 0 saturated heterocycles. The van der Waals surface area contributed by atoms with Crippen molar-refractivity contribution in [2.24, 2.45) is 0 Å². The number of hydrogen-bond acceptors (Lipinski definition) is 9. The Morgan fingerprint density at radius 3 is 1.42 bits per heavy atom. The Hall–Kier alpha value is -3.59. The molecule has 50 heavy (non-hydrogen) atoms. The number of aliphatic carboxylic acids is 3. The van der Waals surface area contributed by atoms with Crippen LogP contribution in [-0.2, 0) is 43.0 Å². The minimum Gasteiger partial charge on any atom is -0.481 e. The van der Waals surface area contributed by atoms with Gasteiger partial charge in [0.25, 0.3) is 0 Å². The van der Waals surface area contributed by atoms with Crippen LogP contribution in [0.25, 0.3) is 0 Å². The molecule has 0 saturated carbocycles. The molecule has 0 aliphatic heterocycles. The van der Waals surface area contributed by atoms with Crippen LogP contribution in [-0.4, -0.2) is 102 Å². The van der Waals surface area contributed by atoms with Crippen LogP contribution in [0.5, 0.6) is 0 Å². The number of carbonyl (C=O) groups excluding carboxylic acids is 4. The number of carboxylic acids is 3. The van der Waals surface area contributed by atoms with E-state index in [1.807, 2.05) is 0 Å². The van der Waals surface area contributed by atoms with Crippen molar-refractivity contribution in [1.29, 1.82) is 0 Å². The zero-order chi connectivity index (χ0) is 37.4. The molecule has 288 valence electrons. The van der Waals surface area contributed by atoms with E-state index >= 15 is 0 Å². The van der Waals surface area contributed by atoms with Crippen molar-refractivity contribution in [3.63, 3.8) is 0 Å². The fourth-order valence-electron chi connectivity index (χ4n) is 5.06. The first-order valence-electron chi connectivity index (χ1n) is 18.1. The quantitative estimate of drug-likeness (QED) is 0.0515. The van der Waals surface area contributed by atoms with E-state index in [0.29, 0.717) is 6.42 Å². The molecule has 0 aromatic rings. The number of nitrogens with one attached hydrogen (secondary N) is 3. The summed E-state index contributed by atoms with van der Waals surface area (Å²) >= 11 is 0. The van der Waals surface area contributed by atoms with Crippen molar-refractivity contribution in [3.05, 3.63) is 0 Å². The number of hydrogen-bond donors (Lipinski definition) is 6. The normalized spacial score (nSPS) is 12.1. The predicted molar refractivity (Wildman–Crippen MR) is 184 cm³/mol. The first kappa shape index (κ1) is 46.4. The minimum absolute atomic E-state index is 0.0110. The van der Waals surface area contributed by atoms with Gasteiger partial charge in [0.2, 0.25) is 17.7 Å². The number of rotatable bonds is 35. The molecule has 0 spiro atoms. The van der Waals surface area contributed by atoms with Gasteiger partial charge in [0.1, 0.15) is 24.5 Å². The molecule has 0 bridgehead atoms. The summed E-state index contributed by atoms with van der Waals surface area (Å²) in [6.45, 7) is 1.43. The van der Waals surface area contributed by atoms with Gasteiger partial charge in [0.15, 0.2) is 0 Å². The molecule has 0 aliphatic rings. The van der Waals surface area contributed by atoms with Gasteiger partial charge in [-0.2, -0.15) is 0 Å². The zero-order valence-electron chi connectivity index (χ0n) is 29.8. The maximum absolute atomic E-state index is 12.3. The highest BCUT2D eigenvalue weighted by Gasteiger charge is 2.21. The third-order valence-corrected chi connectivity index (χ3v) is 7.93. The van der Waals surface area contributed by atoms with Gasteiger partial charge in [0, 0.05) is 32.2 Å². The largest absolute Gasteiger partial charge is 0.481 e. The number of carbonyl (C=O) groups is 7. The predicted octanol–water partition coefficient (Wildman–Crippen LogP) is 3.75. The molecule has 15 heteroatoms. The minimum atomic E-state index is -1.24. The van der Waals surface area contributed by atoms with Crippen molar-refractivity contribution in [2.45, 2.75) is 147 Å². The molecule has 0 rings (SSSR count). The third-order valence-electron chi connectivity index (χ3n) is 7.93. The summed E-state index contributed by atoms with van der Waals surface area (Å²) in [5, 5.41) is 34.6. The topological polar surface area (TPSA) is 235 Å². The molecular formula is C35H61N3O12. The molecular weight excluding hydrogens is 654 g/mol. The Kier molecular flexibility index (Phi) is 29.1. The fraction of sp³-hybridized carbons (Fsp3) is 0.800. The molecule has 0 aromatic heterocycles. The van der Waals surface area contributed by atoms with Crippen LogP contribution in [0.3, 0.4) is 0 Å². The molecule has 3 amide bonds. The standard InChI is InChI=1S/C35H61N3O12/c1-27(39)18-19-28(34(45)46)38-32(42)26-50-25-24-49-23-22-36-30(40)21-20-29(35(47)48)37-31(41)16-14-12-10-8-6-4-2-3-5-7-9-11-13-15-17-33(43)44/h28-29H,2-26H2,1H3,(H,36,40)(H,37,41)(H,38,42)(H,43,44)(H,45,46)(H,47,48)/t28-,29-/m0/s1. The van der Waals surface area contributed by atoms with E-state index in [2.05, 4.69) is 16.0 Å². The summed E-state index contributed by atoms with van der Waals surface area (Å²) in [5.41, 5.74) is 0. The maximum Gasteiger partial charge on any atom is 0.326 e. The van der Waals surface area contributed by atoms with E-state index in [4.69, 9.17) is 19.7 Å². The summed E-state index contributed by atoms with van der Waals surface area (Å²) in [5.74, 6) is -4.70. The van der Waals surface area contributed by atoms with Crippen LogP contribution < -0.4 is 16.0 Å². The van der Waals surface area contributed by atoms with Crippen molar-refractivity contribution in [3.8, 4) is 0 Å². The van der Waals surface area contributed by atoms with E-state index in [1.165, 1.54) is 45.4 Å². The van der Waals surface area contributed by atoms with Gasteiger partial charge in [-0.15, -0.1) is 0 Å². The van der Waals surface area contributed by atoms with Crippen molar-refractivity contribution in [1.82, 2.24) is 16.0 Å². The van der Waals surface area contributed by atoms with Crippen LogP contribution in [0, 0.1) is 0 Å². The van der Waals surface area contributed by atoms with Gasteiger partial charge in [-0.25, -0.2) is 9.59 Å². The first-order chi connectivity index (χ1) is 23.9. The van der Waals surface area contributed by atoms with E-state index < -0.39 is 35.9 Å². The summed E-state index contributed by atoms with van der Waals surface area (Å²) in [6.07, 6.45) is 15.4. The van der Waals surface area contributed by atoms with Crippen LogP contribution in [0.1, 0.15) is 135 Å². The molecule has 2 atom stereocenters. The van der Waals surface area contributed by atoms with Gasteiger partial charge < -0.3 is 45.5 Å². The van der Waals surface area contributed by atoms with E-state index in [-0.39, 0.29) is 89.1 Å². The van der Waals surface area contributed by atoms with E-state index in [9.17, 15) is 38.7 Å². The lowest BCUT2D eigenvalue weighted by Crippen LogP contribution is -2.42. The van der Waals surface area contributed by atoms with Gasteiger partial charge >= 0.3 is 17.9 Å². The van der Waals surface area contributed by atoms with Gasteiger partial charge in [0.05, 0.1) is 19.8 Å². The summed E-state index contributed by atoms with van der Waals surface area (Å²) in [4.78, 5) is 80.5. The second kappa shape index (κ2) is 31.4. The SMILES string of the molecule is CC(=O)CC[C@H](NC(=O)COCCOCCNC(=O)CC[C@H](NC(=O)CCCCCCCCCCCCCCCCC(=O)O)C(=O)O)C(=O)O. The smallest absolute Gasteiger partial charge is 0.326 e. The van der Waals surface area contributed by atoms with Crippen LogP contribution in [0.4, 0.5) is 0 Å². The average molecular weight is 716 g/mol. The Balaban J connectivity index is 3.80.